The number of fused-ring (bicyclic) bond motifs is 7. The highest BCUT2D eigenvalue weighted by Gasteiger charge is 2.43. The SMILES string of the molecule is CCCCCCCCCCC1(CCCCCCCCCC)c2ccccc2-c2ccc(/C=C/c3ccc(-c4nc5ccccc5s4)c(/C=C/c4ccc5c(c4)C(CCCCCCCCCC)(CCCCCCCCCC)c4ccccc4-5)c3)cc21. The molecule has 452 valence electrons. The van der Waals surface area contributed by atoms with Crippen molar-refractivity contribution >= 4 is 45.9 Å². The van der Waals surface area contributed by atoms with Crippen LogP contribution in [0.15, 0.2) is 127 Å². The van der Waals surface area contributed by atoms with Crippen molar-refractivity contribution in [2.24, 2.45) is 0 Å². The first-order chi connectivity index (χ1) is 42.0. The molecule has 0 saturated carbocycles. The van der Waals surface area contributed by atoms with Crippen LogP contribution in [0.4, 0.5) is 0 Å². The Hall–Kier alpha value is -5.31. The van der Waals surface area contributed by atoms with Crippen molar-refractivity contribution in [1.82, 2.24) is 4.98 Å². The van der Waals surface area contributed by atoms with Gasteiger partial charge in [0.05, 0.1) is 10.2 Å². The Bertz CT molecular complexity index is 3090. The van der Waals surface area contributed by atoms with Gasteiger partial charge in [0, 0.05) is 16.4 Å². The summed E-state index contributed by atoms with van der Waals surface area (Å²) in [4.78, 5) is 5.25. The third kappa shape index (κ3) is 17.1. The number of nitrogens with zero attached hydrogens (tertiary/aromatic N) is 1. The van der Waals surface area contributed by atoms with Crippen molar-refractivity contribution in [2.45, 2.75) is 270 Å². The predicted octanol–water partition coefficient (Wildman–Crippen LogP) is 27.0. The highest BCUT2D eigenvalue weighted by Crippen LogP contribution is 2.56. The van der Waals surface area contributed by atoms with E-state index >= 15 is 0 Å². The maximum atomic E-state index is 5.25. The van der Waals surface area contributed by atoms with Gasteiger partial charge in [-0.25, -0.2) is 4.98 Å². The lowest BCUT2D eigenvalue weighted by Gasteiger charge is -2.33. The van der Waals surface area contributed by atoms with E-state index in [1.165, 1.54) is 286 Å². The molecule has 1 nitrogen and oxygen atoms in total. The summed E-state index contributed by atoms with van der Waals surface area (Å²) < 4.78 is 1.23. The third-order valence-electron chi connectivity index (χ3n) is 19.9. The maximum Gasteiger partial charge on any atom is 0.125 e. The molecule has 2 heteroatoms. The van der Waals surface area contributed by atoms with E-state index < -0.39 is 0 Å². The molecule has 0 saturated heterocycles. The average Bonchev–Trinajstić information content (AvgIpc) is 1.84. The fourth-order valence-electron chi connectivity index (χ4n) is 15.1. The minimum Gasteiger partial charge on any atom is -0.236 e. The zero-order valence-electron chi connectivity index (χ0n) is 53.7. The maximum absolute atomic E-state index is 5.25. The molecular formula is C83H109NS. The second-order valence-electron chi connectivity index (χ2n) is 26.3. The lowest BCUT2D eigenvalue weighted by atomic mass is 9.70. The van der Waals surface area contributed by atoms with Crippen LogP contribution < -0.4 is 0 Å². The van der Waals surface area contributed by atoms with E-state index in [1.54, 1.807) is 22.3 Å². The van der Waals surface area contributed by atoms with Crippen molar-refractivity contribution in [3.05, 3.63) is 172 Å². The van der Waals surface area contributed by atoms with Crippen molar-refractivity contribution in [2.75, 3.05) is 0 Å². The summed E-state index contributed by atoms with van der Waals surface area (Å²) in [5.41, 5.74) is 19.6. The molecule has 0 amide bonds. The molecule has 7 aromatic rings. The standard InChI is InChI=1S/C83H109NS/c1-5-9-13-17-21-25-29-39-59-82(60-40-30-26-22-18-14-10-6-2)75-45-35-33-43-71(75)73-57-53-67(64-77(73)82)50-49-66-52-56-70(81-84-79-47-37-38-48-80(79)85-81)69(63-66)55-51-68-54-58-74-72-44-34-36-46-76(72)83(78(74)65-68,61-41-31-27-23-19-15-11-7-3)62-42-32-28-24-20-16-12-8-4/h33-38,43-58,63-65H,5-32,39-42,59-62H2,1-4H3/b50-49+,55-51+. The highest BCUT2D eigenvalue weighted by atomic mass is 32.1. The fraction of sp³-hybridized carbons (Fsp3) is 0.506. The molecule has 2 aliphatic carbocycles. The van der Waals surface area contributed by atoms with E-state index in [2.05, 4.69) is 179 Å². The molecule has 1 aromatic heterocycles. The lowest BCUT2D eigenvalue weighted by Crippen LogP contribution is -2.25. The van der Waals surface area contributed by atoms with E-state index in [1.807, 2.05) is 11.3 Å². The van der Waals surface area contributed by atoms with Gasteiger partial charge in [0.2, 0.25) is 0 Å². The Balaban J connectivity index is 1.01. The molecule has 0 fully saturated rings. The first-order valence-electron chi connectivity index (χ1n) is 35.4. The number of unbranched alkanes of at least 4 members (excludes halogenated alkanes) is 28. The van der Waals surface area contributed by atoms with Crippen LogP contribution in [0.1, 0.15) is 303 Å². The van der Waals surface area contributed by atoms with Crippen molar-refractivity contribution < 1.29 is 0 Å². The number of rotatable bonds is 41. The number of hydrogen-bond acceptors (Lipinski definition) is 2. The number of thiazole rings is 1. The van der Waals surface area contributed by atoms with Crippen LogP contribution in [-0.2, 0) is 10.8 Å². The number of benzene rings is 6. The first-order valence-corrected chi connectivity index (χ1v) is 36.2. The molecule has 9 rings (SSSR count). The van der Waals surface area contributed by atoms with E-state index in [-0.39, 0.29) is 10.8 Å². The summed E-state index contributed by atoms with van der Waals surface area (Å²) in [6.45, 7) is 9.31. The zero-order chi connectivity index (χ0) is 58.8. The second kappa shape index (κ2) is 34.3. The van der Waals surface area contributed by atoms with Crippen LogP contribution >= 0.6 is 11.3 Å². The minimum atomic E-state index is 0.0537. The number of para-hydroxylation sites is 1. The molecule has 0 atom stereocenters. The zero-order valence-corrected chi connectivity index (χ0v) is 54.6. The molecule has 0 aliphatic heterocycles. The summed E-state index contributed by atoms with van der Waals surface area (Å²) >= 11 is 1.81. The summed E-state index contributed by atoms with van der Waals surface area (Å²) in [5.74, 6) is 0. The molecular weight excluding hydrogens is 1040 g/mol. The van der Waals surface area contributed by atoms with Crippen LogP contribution in [0.2, 0.25) is 0 Å². The molecule has 0 N–H and O–H groups in total. The van der Waals surface area contributed by atoms with Crippen LogP contribution in [-0.4, -0.2) is 4.98 Å². The summed E-state index contributed by atoms with van der Waals surface area (Å²) in [6, 6.07) is 49.7. The fourth-order valence-corrected chi connectivity index (χ4v) is 16.1. The Morgan fingerprint density at radius 2 is 0.635 bits per heavy atom. The van der Waals surface area contributed by atoms with Gasteiger partial charge in [0.15, 0.2) is 0 Å². The molecule has 6 aromatic carbocycles. The first kappa shape index (κ1) is 64.2. The Morgan fingerprint density at radius 1 is 0.306 bits per heavy atom. The Morgan fingerprint density at radius 3 is 1.05 bits per heavy atom. The smallest absolute Gasteiger partial charge is 0.125 e. The molecule has 0 radical (unpaired) electrons. The van der Waals surface area contributed by atoms with Gasteiger partial charge in [-0.2, -0.15) is 0 Å². The van der Waals surface area contributed by atoms with Gasteiger partial charge in [-0.1, -0.05) is 367 Å². The highest BCUT2D eigenvalue weighted by molar-refractivity contribution is 7.21. The van der Waals surface area contributed by atoms with E-state index in [0.29, 0.717) is 0 Å². The van der Waals surface area contributed by atoms with Crippen LogP contribution in [0, 0.1) is 0 Å². The molecule has 0 unspecified atom stereocenters. The van der Waals surface area contributed by atoms with E-state index in [9.17, 15) is 0 Å². The quantitative estimate of drug-likeness (QED) is 0.0275. The predicted molar refractivity (Wildman–Crippen MR) is 377 cm³/mol. The van der Waals surface area contributed by atoms with Crippen LogP contribution in [0.3, 0.4) is 0 Å². The van der Waals surface area contributed by atoms with Crippen LogP contribution in [0.5, 0.6) is 0 Å². The molecule has 2 aliphatic rings. The Kier molecular flexibility index (Phi) is 25.9. The molecule has 0 bridgehead atoms. The number of hydrogen-bond donors (Lipinski definition) is 0. The third-order valence-corrected chi connectivity index (χ3v) is 21.0. The molecule has 85 heavy (non-hydrogen) atoms. The normalized spacial score (nSPS) is 13.8. The van der Waals surface area contributed by atoms with Crippen molar-refractivity contribution in [3.8, 4) is 32.8 Å². The van der Waals surface area contributed by atoms with E-state index in [0.717, 1.165) is 10.5 Å². The monoisotopic (exact) mass is 1150 g/mol. The Labute approximate surface area is 522 Å². The topological polar surface area (TPSA) is 12.9 Å². The largest absolute Gasteiger partial charge is 0.236 e. The molecule has 0 spiro atoms. The van der Waals surface area contributed by atoms with Crippen LogP contribution in [0.25, 0.3) is 67.3 Å². The minimum absolute atomic E-state index is 0.0537. The molecule has 1 heterocycles. The van der Waals surface area contributed by atoms with E-state index in [4.69, 9.17) is 4.98 Å². The van der Waals surface area contributed by atoms with Gasteiger partial charge in [0.1, 0.15) is 5.01 Å². The van der Waals surface area contributed by atoms with Gasteiger partial charge in [-0.15, -0.1) is 11.3 Å². The van der Waals surface area contributed by atoms with Gasteiger partial charge in [-0.05, 0) is 111 Å². The number of aromatic nitrogens is 1. The summed E-state index contributed by atoms with van der Waals surface area (Å²) in [5, 5.41) is 1.08. The summed E-state index contributed by atoms with van der Waals surface area (Å²) in [6.07, 6.45) is 58.0. The second-order valence-corrected chi connectivity index (χ2v) is 27.3. The van der Waals surface area contributed by atoms with Crippen molar-refractivity contribution in [3.63, 3.8) is 0 Å². The summed E-state index contributed by atoms with van der Waals surface area (Å²) in [7, 11) is 0. The van der Waals surface area contributed by atoms with Gasteiger partial charge in [-0.3, -0.25) is 0 Å². The van der Waals surface area contributed by atoms with Gasteiger partial charge in [0.25, 0.3) is 0 Å². The average molecular weight is 1150 g/mol. The van der Waals surface area contributed by atoms with Gasteiger partial charge >= 0.3 is 0 Å². The van der Waals surface area contributed by atoms with Gasteiger partial charge < -0.3 is 0 Å². The van der Waals surface area contributed by atoms with Crippen molar-refractivity contribution in [1.29, 1.82) is 0 Å². The lowest BCUT2D eigenvalue weighted by molar-refractivity contribution is 0.397.